The lowest BCUT2D eigenvalue weighted by molar-refractivity contribution is 0.439. The average Bonchev–Trinajstić information content (AvgIpc) is 2.91. The maximum atomic E-state index is 4.43. The van der Waals surface area contributed by atoms with E-state index in [-0.39, 0.29) is 0 Å². The Labute approximate surface area is 107 Å². The molecule has 2 aromatic rings. The number of aromatic nitrogens is 3. The maximum Gasteiger partial charge on any atom is 0.152 e. The van der Waals surface area contributed by atoms with Gasteiger partial charge in [-0.1, -0.05) is 19.8 Å². The molecule has 0 radical (unpaired) electrons. The van der Waals surface area contributed by atoms with Crippen LogP contribution in [0.2, 0.25) is 0 Å². The minimum atomic E-state index is 0.788. The number of nitrogens with one attached hydrogen (secondary N) is 1. The summed E-state index contributed by atoms with van der Waals surface area (Å²) in [5.41, 5.74) is 2.10. The third kappa shape index (κ3) is 2.07. The van der Waals surface area contributed by atoms with Crippen LogP contribution >= 0.6 is 0 Å². The van der Waals surface area contributed by atoms with Crippen molar-refractivity contribution < 1.29 is 0 Å². The maximum absolute atomic E-state index is 4.43. The highest BCUT2D eigenvalue weighted by molar-refractivity contribution is 5.67. The predicted octanol–water partition coefficient (Wildman–Crippen LogP) is 2.89. The lowest BCUT2D eigenvalue weighted by Crippen LogP contribution is -2.17. The van der Waals surface area contributed by atoms with Gasteiger partial charge in [-0.3, -0.25) is 0 Å². The third-order valence-corrected chi connectivity index (χ3v) is 4.08. The van der Waals surface area contributed by atoms with Gasteiger partial charge in [0.1, 0.15) is 5.52 Å². The van der Waals surface area contributed by atoms with Crippen molar-refractivity contribution in [3.8, 4) is 0 Å². The molecule has 2 heterocycles. The fourth-order valence-corrected chi connectivity index (χ4v) is 2.93. The quantitative estimate of drug-likeness (QED) is 0.902. The molecule has 0 bridgehead atoms. The van der Waals surface area contributed by atoms with Crippen LogP contribution in [0, 0.1) is 18.8 Å². The number of rotatable bonds is 3. The predicted molar refractivity (Wildman–Crippen MR) is 72.7 cm³/mol. The van der Waals surface area contributed by atoms with E-state index in [9.17, 15) is 0 Å². The first-order valence-corrected chi connectivity index (χ1v) is 6.79. The number of hydrogen-bond donors (Lipinski definition) is 1. The van der Waals surface area contributed by atoms with Gasteiger partial charge in [-0.05, 0) is 31.2 Å². The van der Waals surface area contributed by atoms with E-state index in [0.717, 1.165) is 35.4 Å². The van der Waals surface area contributed by atoms with Crippen LogP contribution in [-0.4, -0.2) is 21.1 Å². The summed E-state index contributed by atoms with van der Waals surface area (Å²) in [7, 11) is 0. The zero-order valence-corrected chi connectivity index (χ0v) is 11.1. The summed E-state index contributed by atoms with van der Waals surface area (Å²) in [5, 5.41) is 7.91. The van der Waals surface area contributed by atoms with E-state index in [2.05, 4.69) is 28.4 Å². The number of fused-ring (bicyclic) bond motifs is 1. The molecular weight excluding hydrogens is 224 g/mol. The molecule has 0 aromatic carbocycles. The van der Waals surface area contributed by atoms with Crippen LogP contribution in [0.5, 0.6) is 0 Å². The summed E-state index contributed by atoms with van der Waals surface area (Å²) in [6.45, 7) is 5.39. The lowest BCUT2D eigenvalue weighted by Gasteiger charge is -2.16. The summed E-state index contributed by atoms with van der Waals surface area (Å²) in [5.74, 6) is 2.58. The van der Waals surface area contributed by atoms with E-state index in [1.54, 1.807) is 6.20 Å². The Balaban J connectivity index is 1.78. The van der Waals surface area contributed by atoms with Gasteiger partial charge >= 0.3 is 0 Å². The van der Waals surface area contributed by atoms with Crippen molar-refractivity contribution in [2.75, 3.05) is 11.9 Å². The Bertz CT molecular complexity index is 546. The normalized spacial score (nSPS) is 23.7. The fourth-order valence-electron chi connectivity index (χ4n) is 2.93. The molecule has 2 atom stereocenters. The first kappa shape index (κ1) is 11.5. The van der Waals surface area contributed by atoms with E-state index in [4.69, 9.17) is 0 Å². The van der Waals surface area contributed by atoms with E-state index >= 15 is 0 Å². The number of aryl methyl sites for hydroxylation is 1. The van der Waals surface area contributed by atoms with Crippen molar-refractivity contribution in [1.29, 1.82) is 0 Å². The lowest BCUT2D eigenvalue weighted by atomic mass is 9.98. The number of anilines is 1. The van der Waals surface area contributed by atoms with E-state index in [1.165, 1.54) is 19.3 Å². The van der Waals surface area contributed by atoms with Gasteiger partial charge in [0.15, 0.2) is 5.82 Å². The molecule has 1 fully saturated rings. The summed E-state index contributed by atoms with van der Waals surface area (Å²) >= 11 is 0. The summed E-state index contributed by atoms with van der Waals surface area (Å²) in [6.07, 6.45) is 7.79. The second-order valence-corrected chi connectivity index (χ2v) is 5.44. The molecule has 3 rings (SSSR count). The topological polar surface area (TPSA) is 42.2 Å². The highest BCUT2D eigenvalue weighted by atomic mass is 15.2. The minimum absolute atomic E-state index is 0.788. The average molecular weight is 244 g/mol. The summed E-state index contributed by atoms with van der Waals surface area (Å²) in [4.78, 5) is 4.43. The van der Waals surface area contributed by atoms with Gasteiger partial charge in [-0.15, -0.1) is 0 Å². The fraction of sp³-hybridized carbons (Fsp3) is 0.571. The summed E-state index contributed by atoms with van der Waals surface area (Å²) in [6, 6.07) is 2.08. The van der Waals surface area contributed by atoms with Crippen molar-refractivity contribution in [3.05, 3.63) is 24.2 Å². The summed E-state index contributed by atoms with van der Waals surface area (Å²) < 4.78 is 1.89. The molecule has 1 N–H and O–H groups in total. The molecule has 0 aliphatic heterocycles. The molecule has 2 aromatic heterocycles. The van der Waals surface area contributed by atoms with Crippen molar-refractivity contribution in [3.63, 3.8) is 0 Å². The SMILES string of the molecule is Cc1cc2c(NCC3CCCC3C)nccn2n1. The van der Waals surface area contributed by atoms with Gasteiger partial charge in [0.2, 0.25) is 0 Å². The zero-order chi connectivity index (χ0) is 12.5. The highest BCUT2D eigenvalue weighted by Crippen LogP contribution is 2.31. The molecule has 0 spiro atoms. The van der Waals surface area contributed by atoms with Crippen LogP contribution in [0.25, 0.3) is 5.52 Å². The van der Waals surface area contributed by atoms with Gasteiger partial charge in [-0.25, -0.2) is 9.50 Å². The van der Waals surface area contributed by atoms with Gasteiger partial charge in [0.25, 0.3) is 0 Å². The standard InChI is InChI=1S/C14H20N4/c1-10-4-3-5-12(10)9-16-14-13-8-11(2)17-18(13)7-6-15-14/h6-8,10,12H,3-5,9H2,1-2H3,(H,15,16). The monoisotopic (exact) mass is 244 g/mol. The Morgan fingerprint density at radius 1 is 1.44 bits per heavy atom. The van der Waals surface area contributed by atoms with Crippen LogP contribution < -0.4 is 5.32 Å². The van der Waals surface area contributed by atoms with E-state index < -0.39 is 0 Å². The van der Waals surface area contributed by atoms with Crippen LogP contribution in [0.4, 0.5) is 5.82 Å². The van der Waals surface area contributed by atoms with Crippen molar-refractivity contribution in [2.24, 2.45) is 11.8 Å². The zero-order valence-electron chi connectivity index (χ0n) is 11.1. The van der Waals surface area contributed by atoms with E-state index in [1.807, 2.05) is 17.6 Å². The largest absolute Gasteiger partial charge is 0.368 e. The van der Waals surface area contributed by atoms with Crippen LogP contribution in [0.1, 0.15) is 31.9 Å². The molecule has 96 valence electrons. The first-order valence-electron chi connectivity index (χ1n) is 6.79. The molecule has 2 unspecified atom stereocenters. The molecule has 1 saturated carbocycles. The molecule has 4 nitrogen and oxygen atoms in total. The van der Waals surface area contributed by atoms with Crippen LogP contribution in [0.3, 0.4) is 0 Å². The second-order valence-electron chi connectivity index (χ2n) is 5.44. The molecule has 1 aliphatic rings. The van der Waals surface area contributed by atoms with E-state index in [0.29, 0.717) is 0 Å². The van der Waals surface area contributed by atoms with Crippen molar-refractivity contribution in [2.45, 2.75) is 33.1 Å². The molecule has 4 heteroatoms. The highest BCUT2D eigenvalue weighted by Gasteiger charge is 2.23. The van der Waals surface area contributed by atoms with Crippen LogP contribution in [-0.2, 0) is 0 Å². The Morgan fingerprint density at radius 3 is 3.11 bits per heavy atom. The number of nitrogens with zero attached hydrogens (tertiary/aromatic N) is 3. The molecule has 0 amide bonds. The molecule has 18 heavy (non-hydrogen) atoms. The van der Waals surface area contributed by atoms with Gasteiger partial charge in [-0.2, -0.15) is 5.10 Å². The van der Waals surface area contributed by atoms with Gasteiger partial charge in [0.05, 0.1) is 5.69 Å². The van der Waals surface area contributed by atoms with Crippen molar-refractivity contribution in [1.82, 2.24) is 14.6 Å². The molecule has 1 aliphatic carbocycles. The molecule has 0 saturated heterocycles. The Kier molecular flexibility index (Phi) is 2.94. The second kappa shape index (κ2) is 4.59. The first-order chi connectivity index (χ1) is 8.74. The minimum Gasteiger partial charge on any atom is -0.368 e. The Hall–Kier alpha value is -1.58. The Morgan fingerprint density at radius 2 is 2.33 bits per heavy atom. The van der Waals surface area contributed by atoms with Gasteiger partial charge in [0, 0.05) is 18.9 Å². The van der Waals surface area contributed by atoms with Crippen LogP contribution in [0.15, 0.2) is 18.5 Å². The number of hydrogen-bond acceptors (Lipinski definition) is 3. The van der Waals surface area contributed by atoms with Crippen molar-refractivity contribution >= 4 is 11.3 Å². The molecular formula is C14H20N4. The van der Waals surface area contributed by atoms with Gasteiger partial charge < -0.3 is 5.32 Å². The third-order valence-electron chi connectivity index (χ3n) is 4.08. The smallest absolute Gasteiger partial charge is 0.152 e.